The van der Waals surface area contributed by atoms with Gasteiger partial charge < -0.3 is 11.1 Å². The summed E-state index contributed by atoms with van der Waals surface area (Å²) in [5.41, 5.74) is 5.73. The molecule has 1 atom stereocenters. The molecule has 1 amide bonds. The fraction of sp³-hybridized carbons (Fsp3) is 0.833. The maximum absolute atomic E-state index is 11.7. The van der Waals surface area contributed by atoms with E-state index < -0.39 is 0 Å². The normalized spacial score (nSPS) is 21.8. The molecule has 0 aliphatic carbocycles. The Kier molecular flexibility index (Phi) is 4.89. The molecule has 1 unspecified atom stereocenters. The molecule has 0 spiro atoms. The topological polar surface area (TPSA) is 58.4 Å². The number of likely N-dealkylation sites (tertiary alicyclic amines) is 1. The molecule has 0 radical (unpaired) electrons. The summed E-state index contributed by atoms with van der Waals surface area (Å²) >= 11 is 5.11. The van der Waals surface area contributed by atoms with Gasteiger partial charge in [0.15, 0.2) is 0 Å². The first-order valence-corrected chi connectivity index (χ1v) is 6.63. The van der Waals surface area contributed by atoms with Crippen LogP contribution >= 0.6 is 12.2 Å². The molecule has 0 bridgehead atoms. The van der Waals surface area contributed by atoms with Crippen molar-refractivity contribution in [1.82, 2.24) is 10.2 Å². The number of hydrogen-bond donors (Lipinski definition) is 2. The molecule has 0 aromatic rings. The number of rotatable bonds is 4. The number of piperidine rings is 1. The Morgan fingerprint density at radius 2 is 2.06 bits per heavy atom. The standard InChI is InChI=1S/C12H23N3OS/c1-4-14-10(16)9(2)15-7-5-12(3,6-8-15)11(13)17/h9H,4-8H2,1-3H3,(H2,13,17)(H,14,16). The highest BCUT2D eigenvalue weighted by molar-refractivity contribution is 7.80. The molecular weight excluding hydrogens is 234 g/mol. The third kappa shape index (κ3) is 3.39. The number of nitrogens with one attached hydrogen (secondary N) is 1. The Hall–Kier alpha value is -0.680. The van der Waals surface area contributed by atoms with Gasteiger partial charge in [-0.1, -0.05) is 19.1 Å². The second kappa shape index (κ2) is 5.78. The Morgan fingerprint density at radius 3 is 2.47 bits per heavy atom. The van der Waals surface area contributed by atoms with Gasteiger partial charge in [-0.3, -0.25) is 9.69 Å². The minimum atomic E-state index is -0.0640. The van der Waals surface area contributed by atoms with Gasteiger partial charge in [0.05, 0.1) is 11.0 Å². The molecule has 1 heterocycles. The number of nitrogens with zero attached hydrogens (tertiary/aromatic N) is 1. The first kappa shape index (κ1) is 14.4. The van der Waals surface area contributed by atoms with Crippen LogP contribution in [-0.2, 0) is 4.79 Å². The maximum Gasteiger partial charge on any atom is 0.237 e. The molecule has 0 aromatic carbocycles. The van der Waals surface area contributed by atoms with E-state index in [1.807, 2.05) is 13.8 Å². The van der Waals surface area contributed by atoms with E-state index in [9.17, 15) is 4.79 Å². The lowest BCUT2D eigenvalue weighted by atomic mass is 9.80. The molecule has 1 rings (SSSR count). The third-order valence-electron chi connectivity index (χ3n) is 3.77. The van der Waals surface area contributed by atoms with Gasteiger partial charge in [0.1, 0.15) is 0 Å². The number of amides is 1. The van der Waals surface area contributed by atoms with Gasteiger partial charge in [0.2, 0.25) is 5.91 Å². The van der Waals surface area contributed by atoms with Crippen molar-refractivity contribution in [3.63, 3.8) is 0 Å². The van der Waals surface area contributed by atoms with Crippen LogP contribution in [0.5, 0.6) is 0 Å². The van der Waals surface area contributed by atoms with E-state index in [4.69, 9.17) is 18.0 Å². The van der Waals surface area contributed by atoms with Crippen molar-refractivity contribution in [3.05, 3.63) is 0 Å². The van der Waals surface area contributed by atoms with Gasteiger partial charge in [-0.05, 0) is 39.8 Å². The molecule has 3 N–H and O–H groups in total. The van der Waals surface area contributed by atoms with Crippen LogP contribution in [0.4, 0.5) is 0 Å². The van der Waals surface area contributed by atoms with Gasteiger partial charge in [-0.2, -0.15) is 0 Å². The molecule has 4 nitrogen and oxygen atoms in total. The van der Waals surface area contributed by atoms with Crippen LogP contribution in [0, 0.1) is 5.41 Å². The van der Waals surface area contributed by atoms with Gasteiger partial charge in [-0.25, -0.2) is 0 Å². The van der Waals surface area contributed by atoms with Crippen molar-refractivity contribution < 1.29 is 4.79 Å². The summed E-state index contributed by atoms with van der Waals surface area (Å²) in [7, 11) is 0. The van der Waals surface area contributed by atoms with Crippen molar-refractivity contribution in [2.24, 2.45) is 11.1 Å². The first-order chi connectivity index (χ1) is 7.90. The predicted octanol–water partition coefficient (Wildman–Crippen LogP) is 0.899. The van der Waals surface area contributed by atoms with Crippen LogP contribution in [0.3, 0.4) is 0 Å². The average Bonchev–Trinajstić information content (AvgIpc) is 2.29. The summed E-state index contributed by atoms with van der Waals surface area (Å²) in [6.07, 6.45) is 1.87. The quantitative estimate of drug-likeness (QED) is 0.735. The summed E-state index contributed by atoms with van der Waals surface area (Å²) in [6, 6.07) is -0.0640. The maximum atomic E-state index is 11.7. The van der Waals surface area contributed by atoms with E-state index in [1.54, 1.807) is 0 Å². The minimum absolute atomic E-state index is 0.0349. The molecule has 5 heteroatoms. The van der Waals surface area contributed by atoms with E-state index in [0.29, 0.717) is 11.5 Å². The number of hydrogen-bond acceptors (Lipinski definition) is 3. The van der Waals surface area contributed by atoms with Crippen LogP contribution in [0.15, 0.2) is 0 Å². The van der Waals surface area contributed by atoms with Crippen LogP contribution in [0.1, 0.15) is 33.6 Å². The molecule has 1 aliphatic heterocycles. The summed E-state index contributed by atoms with van der Waals surface area (Å²) in [4.78, 5) is 14.5. The van der Waals surface area contributed by atoms with Crippen LogP contribution in [0.25, 0.3) is 0 Å². The van der Waals surface area contributed by atoms with Gasteiger partial charge >= 0.3 is 0 Å². The fourth-order valence-electron chi connectivity index (χ4n) is 2.14. The smallest absolute Gasteiger partial charge is 0.237 e. The highest BCUT2D eigenvalue weighted by Gasteiger charge is 2.35. The molecule has 17 heavy (non-hydrogen) atoms. The summed E-state index contributed by atoms with van der Waals surface area (Å²) in [6.45, 7) is 8.45. The molecule has 98 valence electrons. The van der Waals surface area contributed by atoms with E-state index in [2.05, 4.69) is 17.1 Å². The molecule has 1 fully saturated rings. The summed E-state index contributed by atoms with van der Waals surface area (Å²) in [5.74, 6) is 0.103. The highest BCUT2D eigenvalue weighted by atomic mass is 32.1. The molecular formula is C12H23N3OS. The Labute approximate surface area is 109 Å². The van der Waals surface area contributed by atoms with E-state index in [-0.39, 0.29) is 17.4 Å². The lowest BCUT2D eigenvalue weighted by Crippen LogP contribution is -2.51. The van der Waals surface area contributed by atoms with Crippen LogP contribution < -0.4 is 11.1 Å². The van der Waals surface area contributed by atoms with E-state index in [1.165, 1.54) is 0 Å². The molecule has 1 saturated heterocycles. The zero-order chi connectivity index (χ0) is 13.1. The largest absolute Gasteiger partial charge is 0.393 e. The number of nitrogens with two attached hydrogens (primary N) is 1. The Balaban J connectivity index is 2.52. The highest BCUT2D eigenvalue weighted by Crippen LogP contribution is 2.31. The van der Waals surface area contributed by atoms with Crippen molar-refractivity contribution in [1.29, 1.82) is 0 Å². The minimum Gasteiger partial charge on any atom is -0.393 e. The second-order valence-corrected chi connectivity index (χ2v) is 5.47. The van der Waals surface area contributed by atoms with Gasteiger partial charge in [0, 0.05) is 12.0 Å². The molecule has 0 saturated carbocycles. The third-order valence-corrected chi connectivity index (χ3v) is 4.27. The van der Waals surface area contributed by atoms with Crippen molar-refractivity contribution in [2.75, 3.05) is 19.6 Å². The molecule has 0 aromatic heterocycles. The van der Waals surface area contributed by atoms with Crippen LogP contribution in [0.2, 0.25) is 0 Å². The average molecular weight is 257 g/mol. The van der Waals surface area contributed by atoms with Crippen molar-refractivity contribution in [2.45, 2.75) is 39.7 Å². The SMILES string of the molecule is CCNC(=O)C(C)N1CCC(C)(C(N)=S)CC1. The van der Waals surface area contributed by atoms with Gasteiger partial charge in [0.25, 0.3) is 0 Å². The predicted molar refractivity (Wildman–Crippen MR) is 73.8 cm³/mol. The summed E-state index contributed by atoms with van der Waals surface area (Å²) < 4.78 is 0. The monoisotopic (exact) mass is 257 g/mol. The number of likely N-dealkylation sites (N-methyl/N-ethyl adjacent to an activating group) is 1. The second-order valence-electron chi connectivity index (χ2n) is 5.03. The Morgan fingerprint density at radius 1 is 1.53 bits per heavy atom. The van der Waals surface area contributed by atoms with E-state index >= 15 is 0 Å². The zero-order valence-corrected chi connectivity index (χ0v) is 11.8. The number of thiocarbonyl (C=S) groups is 1. The Bertz CT molecular complexity index is 298. The van der Waals surface area contributed by atoms with Gasteiger partial charge in [-0.15, -0.1) is 0 Å². The molecule has 1 aliphatic rings. The lowest BCUT2D eigenvalue weighted by molar-refractivity contribution is -0.126. The van der Waals surface area contributed by atoms with Crippen LogP contribution in [-0.4, -0.2) is 41.5 Å². The van der Waals surface area contributed by atoms with Crippen molar-refractivity contribution >= 4 is 23.1 Å². The first-order valence-electron chi connectivity index (χ1n) is 6.22. The zero-order valence-electron chi connectivity index (χ0n) is 11.0. The summed E-state index contributed by atoms with van der Waals surface area (Å²) in [5, 5.41) is 2.85. The number of carbonyl (C=O) groups is 1. The lowest BCUT2D eigenvalue weighted by Gasteiger charge is -2.40. The van der Waals surface area contributed by atoms with Crippen molar-refractivity contribution in [3.8, 4) is 0 Å². The van der Waals surface area contributed by atoms with E-state index in [0.717, 1.165) is 25.9 Å². The number of carbonyl (C=O) groups excluding carboxylic acids is 1. The fourth-order valence-corrected chi connectivity index (χ4v) is 2.34.